The number of hydrogen-bond donors (Lipinski definition) is 0. The van der Waals surface area contributed by atoms with Crippen LogP contribution in [0.3, 0.4) is 0 Å². The largest absolute Gasteiger partial charge is 0.251 e. The first-order valence-corrected chi connectivity index (χ1v) is 14.6. The minimum atomic E-state index is -3.66. The molecule has 0 bridgehead atoms. The second-order valence-electron chi connectivity index (χ2n) is 8.35. The van der Waals surface area contributed by atoms with Crippen LogP contribution in [0.15, 0.2) is 97.1 Å². The van der Waals surface area contributed by atoms with E-state index in [0.29, 0.717) is 33.9 Å². The van der Waals surface area contributed by atoms with E-state index in [9.17, 15) is 16.8 Å². The van der Waals surface area contributed by atoms with Gasteiger partial charge in [-0.25, -0.2) is 16.8 Å². The third kappa shape index (κ3) is 4.60. The van der Waals surface area contributed by atoms with Gasteiger partial charge in [0.2, 0.25) is 0 Å². The van der Waals surface area contributed by atoms with Gasteiger partial charge in [0, 0.05) is 22.3 Å². The number of hydrogen-bond acceptors (Lipinski definition) is 6. The first kappa shape index (κ1) is 23.7. The minimum absolute atomic E-state index is 0.450. The van der Waals surface area contributed by atoms with Crippen molar-refractivity contribution in [1.29, 1.82) is 0 Å². The summed E-state index contributed by atoms with van der Waals surface area (Å²) in [7, 11) is -7.31. The Labute approximate surface area is 209 Å². The Bertz CT molecular complexity index is 1650. The molecule has 36 heavy (non-hydrogen) atoms. The van der Waals surface area contributed by atoms with Crippen molar-refractivity contribution in [2.75, 3.05) is 12.5 Å². The Kier molecular flexibility index (Phi) is 5.85. The van der Waals surface area contributed by atoms with Crippen LogP contribution in [0.5, 0.6) is 0 Å². The van der Waals surface area contributed by atoms with Gasteiger partial charge in [-0.3, -0.25) is 0 Å². The average molecular weight is 519 g/mol. The summed E-state index contributed by atoms with van der Waals surface area (Å²) >= 11 is 0. The molecule has 0 radical (unpaired) electrons. The van der Waals surface area contributed by atoms with E-state index in [1.165, 1.54) is 0 Å². The van der Waals surface area contributed by atoms with Crippen molar-refractivity contribution in [2.45, 2.75) is 0 Å². The Morgan fingerprint density at radius 1 is 0.500 bits per heavy atom. The normalized spacial score (nSPS) is 12.1. The zero-order valence-corrected chi connectivity index (χ0v) is 21.1. The molecule has 8 nitrogen and oxygen atoms in total. The van der Waals surface area contributed by atoms with Crippen LogP contribution in [0.2, 0.25) is 0 Å². The van der Waals surface area contributed by atoms with Gasteiger partial charge in [0.1, 0.15) is 0 Å². The fraction of sp³-hybridized carbons (Fsp3) is 0.0769. The van der Waals surface area contributed by atoms with Gasteiger partial charge in [-0.05, 0) is 18.2 Å². The van der Waals surface area contributed by atoms with Crippen LogP contribution in [0.4, 0.5) is 0 Å². The fourth-order valence-electron chi connectivity index (χ4n) is 3.96. The third-order valence-electron chi connectivity index (χ3n) is 5.58. The lowest BCUT2D eigenvalue weighted by atomic mass is 10.0. The van der Waals surface area contributed by atoms with E-state index in [1.54, 1.807) is 18.2 Å². The molecule has 0 saturated heterocycles. The smallest absolute Gasteiger partial charge is 0.205 e. The maximum absolute atomic E-state index is 12.5. The predicted molar refractivity (Wildman–Crippen MR) is 140 cm³/mol. The van der Waals surface area contributed by atoms with Crippen molar-refractivity contribution in [3.05, 3.63) is 97.1 Å². The average Bonchev–Trinajstić information content (AvgIpc) is 3.51. The van der Waals surface area contributed by atoms with Crippen molar-refractivity contribution in [1.82, 2.24) is 18.4 Å². The quantitative estimate of drug-likeness (QED) is 0.331. The van der Waals surface area contributed by atoms with Crippen LogP contribution in [0.1, 0.15) is 0 Å². The van der Waals surface area contributed by atoms with E-state index >= 15 is 0 Å². The van der Waals surface area contributed by atoms with Crippen LogP contribution in [-0.2, 0) is 20.0 Å². The zero-order valence-electron chi connectivity index (χ0n) is 19.5. The monoisotopic (exact) mass is 518 g/mol. The van der Waals surface area contributed by atoms with E-state index in [-0.39, 0.29) is 0 Å². The fourth-order valence-corrected chi connectivity index (χ4v) is 5.46. The lowest BCUT2D eigenvalue weighted by Crippen LogP contribution is -2.13. The van der Waals surface area contributed by atoms with E-state index in [1.807, 2.05) is 78.9 Å². The molecule has 0 amide bonds. The number of nitrogens with zero attached hydrogens (tertiary/aromatic N) is 4. The molecular weight excluding hydrogens is 496 g/mol. The Morgan fingerprint density at radius 2 is 0.861 bits per heavy atom. The number of aromatic nitrogens is 4. The first-order chi connectivity index (χ1) is 17.1. The van der Waals surface area contributed by atoms with Gasteiger partial charge in [-0.1, -0.05) is 78.9 Å². The van der Waals surface area contributed by atoms with Gasteiger partial charge in [-0.15, -0.1) is 0 Å². The molecule has 5 aromatic rings. The highest BCUT2D eigenvalue weighted by atomic mass is 32.2. The van der Waals surface area contributed by atoms with Gasteiger partial charge in [0.05, 0.1) is 35.3 Å². The molecule has 2 heterocycles. The standard InChI is InChI=1S/C26H22N4O4S2/c1-35(31,32)29-25(19-10-5-3-6-11-19)17-23(27-29)21-14-9-15-22(16-21)24-18-26(20-12-7-4-8-13-20)30(28-24)36(2,33)34/h3-18H,1-2H3. The predicted octanol–water partition coefficient (Wildman–Crippen LogP) is 4.36. The second kappa shape index (κ2) is 8.89. The summed E-state index contributed by atoms with van der Waals surface area (Å²) in [6.45, 7) is 0. The molecule has 0 saturated carbocycles. The van der Waals surface area contributed by atoms with Crippen LogP contribution in [0, 0.1) is 0 Å². The third-order valence-corrected chi connectivity index (χ3v) is 7.39. The Hall–Kier alpha value is -4.02. The highest BCUT2D eigenvalue weighted by Gasteiger charge is 2.20. The van der Waals surface area contributed by atoms with Crippen LogP contribution >= 0.6 is 0 Å². The van der Waals surface area contributed by atoms with Crippen LogP contribution < -0.4 is 0 Å². The van der Waals surface area contributed by atoms with Crippen molar-refractivity contribution in [3.63, 3.8) is 0 Å². The van der Waals surface area contributed by atoms with Gasteiger partial charge >= 0.3 is 0 Å². The van der Waals surface area contributed by atoms with Crippen LogP contribution in [-0.4, -0.2) is 47.7 Å². The van der Waals surface area contributed by atoms with Gasteiger partial charge < -0.3 is 0 Å². The zero-order chi connectivity index (χ0) is 25.5. The summed E-state index contributed by atoms with van der Waals surface area (Å²) in [4.78, 5) is 0. The van der Waals surface area contributed by atoms with Crippen molar-refractivity contribution < 1.29 is 16.8 Å². The molecule has 0 spiro atoms. The molecule has 0 aliphatic carbocycles. The Balaban J connectivity index is 1.63. The molecular formula is C26H22N4O4S2. The van der Waals surface area contributed by atoms with E-state index in [0.717, 1.165) is 31.8 Å². The number of benzene rings is 3. The molecule has 0 atom stereocenters. The molecule has 5 rings (SSSR count). The molecule has 0 N–H and O–H groups in total. The van der Waals surface area contributed by atoms with Crippen molar-refractivity contribution in [2.24, 2.45) is 0 Å². The Morgan fingerprint density at radius 3 is 1.22 bits per heavy atom. The summed E-state index contributed by atoms with van der Waals surface area (Å²) in [5.74, 6) is 0. The van der Waals surface area contributed by atoms with E-state index < -0.39 is 20.0 Å². The summed E-state index contributed by atoms with van der Waals surface area (Å²) in [6.07, 6.45) is 2.21. The summed E-state index contributed by atoms with van der Waals surface area (Å²) in [6, 6.07) is 29.0. The van der Waals surface area contributed by atoms with Gasteiger partial charge in [0.25, 0.3) is 20.0 Å². The highest BCUT2D eigenvalue weighted by molar-refractivity contribution is 7.89. The molecule has 0 aliphatic rings. The van der Waals surface area contributed by atoms with Gasteiger partial charge in [-0.2, -0.15) is 18.4 Å². The van der Waals surface area contributed by atoms with Gasteiger partial charge in [0.15, 0.2) is 0 Å². The first-order valence-electron chi connectivity index (χ1n) is 10.9. The van der Waals surface area contributed by atoms with E-state index in [2.05, 4.69) is 10.2 Å². The molecule has 0 aliphatic heterocycles. The van der Waals surface area contributed by atoms with E-state index in [4.69, 9.17) is 0 Å². The summed E-state index contributed by atoms with van der Waals surface area (Å²) in [5, 5.41) is 8.76. The summed E-state index contributed by atoms with van der Waals surface area (Å²) < 4.78 is 51.9. The SMILES string of the molecule is CS(=O)(=O)n1nc(-c2cccc(-c3cc(-c4ccccc4)n(S(C)(=O)=O)n3)c2)cc1-c1ccccc1. The number of rotatable bonds is 6. The molecule has 182 valence electrons. The maximum Gasteiger partial charge on any atom is 0.251 e. The minimum Gasteiger partial charge on any atom is -0.205 e. The molecule has 0 fully saturated rings. The summed E-state index contributed by atoms with van der Waals surface area (Å²) in [5.41, 5.74) is 4.61. The molecule has 0 unspecified atom stereocenters. The van der Waals surface area contributed by atoms with Crippen LogP contribution in [0.25, 0.3) is 45.0 Å². The molecule has 3 aromatic carbocycles. The highest BCUT2D eigenvalue weighted by Crippen LogP contribution is 2.32. The molecule has 10 heteroatoms. The van der Waals surface area contributed by atoms with Crippen molar-refractivity contribution in [3.8, 4) is 45.0 Å². The molecule has 2 aromatic heterocycles. The maximum atomic E-state index is 12.5. The topological polar surface area (TPSA) is 104 Å². The lowest BCUT2D eigenvalue weighted by molar-refractivity contribution is 0.585. The van der Waals surface area contributed by atoms with Crippen molar-refractivity contribution >= 4 is 20.0 Å². The second-order valence-corrected chi connectivity index (χ2v) is 12.0. The lowest BCUT2D eigenvalue weighted by Gasteiger charge is -2.04.